The van der Waals surface area contributed by atoms with Gasteiger partial charge in [0.1, 0.15) is 0 Å². The second-order valence-electron chi connectivity index (χ2n) is 7.22. The van der Waals surface area contributed by atoms with Crippen LogP contribution < -0.4 is 4.74 Å². The predicted octanol–water partition coefficient (Wildman–Crippen LogP) is 3.72. The molecule has 1 aromatic carbocycles. The molecule has 28 heavy (non-hydrogen) atoms. The Hall–Kier alpha value is -2.91. The van der Waals surface area contributed by atoms with Gasteiger partial charge in [0.2, 0.25) is 5.88 Å². The summed E-state index contributed by atoms with van der Waals surface area (Å²) in [5.41, 5.74) is 3.73. The van der Waals surface area contributed by atoms with Gasteiger partial charge in [-0.2, -0.15) is 5.26 Å². The second-order valence-corrected chi connectivity index (χ2v) is 7.22. The lowest BCUT2D eigenvalue weighted by Gasteiger charge is -2.26. The zero-order valence-corrected chi connectivity index (χ0v) is 16.0. The molecule has 1 aliphatic heterocycles. The summed E-state index contributed by atoms with van der Waals surface area (Å²) in [6, 6.07) is 13.9. The van der Waals surface area contributed by atoms with Gasteiger partial charge >= 0.3 is 0 Å². The minimum absolute atomic E-state index is 0.418. The van der Waals surface area contributed by atoms with Gasteiger partial charge < -0.3 is 9.64 Å². The fraction of sp³-hybridized carbons (Fsp3) is 0.409. The van der Waals surface area contributed by atoms with Gasteiger partial charge in [0.25, 0.3) is 0 Å². The van der Waals surface area contributed by atoms with Gasteiger partial charge in [-0.05, 0) is 44.0 Å². The highest BCUT2D eigenvalue weighted by atomic mass is 16.5. The largest absolute Gasteiger partial charge is 0.477 e. The normalized spacial score (nSPS) is 14.8. The highest BCUT2D eigenvalue weighted by Gasteiger charge is 2.11. The Morgan fingerprint density at radius 3 is 2.64 bits per heavy atom. The van der Waals surface area contributed by atoms with Crippen molar-refractivity contribution in [2.45, 2.75) is 32.1 Å². The summed E-state index contributed by atoms with van der Waals surface area (Å²) in [6.45, 7) is 4.20. The first kappa shape index (κ1) is 18.5. The highest BCUT2D eigenvalue weighted by Crippen LogP contribution is 2.22. The predicted molar refractivity (Wildman–Crippen MR) is 108 cm³/mol. The number of imidazole rings is 1. The zero-order chi connectivity index (χ0) is 19.2. The van der Waals surface area contributed by atoms with Crippen LogP contribution in [-0.4, -0.2) is 45.7 Å². The molecule has 0 spiro atoms. The van der Waals surface area contributed by atoms with Gasteiger partial charge in [-0.3, -0.25) is 0 Å². The molecule has 0 N–H and O–H groups in total. The quantitative estimate of drug-likeness (QED) is 0.589. The van der Waals surface area contributed by atoms with Gasteiger partial charge in [0.05, 0.1) is 31.0 Å². The van der Waals surface area contributed by atoms with Crippen molar-refractivity contribution in [3.8, 4) is 23.2 Å². The number of nitrogens with zero attached hydrogens (tertiary/aromatic N) is 5. The van der Waals surface area contributed by atoms with E-state index >= 15 is 0 Å². The van der Waals surface area contributed by atoms with Gasteiger partial charge in [-0.1, -0.05) is 30.7 Å². The average molecular weight is 375 g/mol. The van der Waals surface area contributed by atoms with Crippen LogP contribution in [-0.2, 0) is 6.42 Å². The lowest BCUT2D eigenvalue weighted by Crippen LogP contribution is -2.31. The number of aromatic nitrogens is 3. The van der Waals surface area contributed by atoms with Crippen molar-refractivity contribution in [1.82, 2.24) is 19.5 Å². The molecule has 0 aliphatic carbocycles. The smallest absolute Gasteiger partial charge is 0.231 e. The zero-order valence-electron chi connectivity index (χ0n) is 16.0. The van der Waals surface area contributed by atoms with Crippen LogP contribution in [0.3, 0.4) is 0 Å². The third kappa shape index (κ3) is 4.32. The molecular weight excluding hydrogens is 350 g/mol. The molecule has 0 amide bonds. The molecule has 4 rings (SSSR count). The topological polar surface area (TPSA) is 66.5 Å². The minimum atomic E-state index is 0.418. The van der Waals surface area contributed by atoms with E-state index in [1.165, 1.54) is 32.4 Å². The minimum Gasteiger partial charge on any atom is -0.477 e. The summed E-state index contributed by atoms with van der Waals surface area (Å²) >= 11 is 0. The molecule has 1 fully saturated rings. The lowest BCUT2D eigenvalue weighted by molar-refractivity contribution is 0.202. The Bertz CT molecular complexity index is 951. The van der Waals surface area contributed by atoms with E-state index in [4.69, 9.17) is 10.00 Å². The number of hydrogen-bond donors (Lipinski definition) is 0. The Morgan fingerprint density at radius 1 is 1.04 bits per heavy atom. The van der Waals surface area contributed by atoms with E-state index in [1.807, 2.05) is 47.1 Å². The standard InChI is InChI=1S/C22H25N5O/c23-12-11-18-5-7-19(8-6-18)20-17-24-21-9-10-22(25-27(20)21)28-16-4-15-26-13-2-1-3-14-26/h5-10,17H,1-4,11,13-16H2. The van der Waals surface area contributed by atoms with E-state index < -0.39 is 0 Å². The van der Waals surface area contributed by atoms with Gasteiger partial charge in [0, 0.05) is 18.2 Å². The maximum Gasteiger partial charge on any atom is 0.231 e. The van der Waals surface area contributed by atoms with Crippen molar-refractivity contribution in [3.63, 3.8) is 0 Å². The van der Waals surface area contributed by atoms with Crippen molar-refractivity contribution in [2.75, 3.05) is 26.2 Å². The van der Waals surface area contributed by atoms with Gasteiger partial charge in [-0.15, -0.1) is 5.10 Å². The molecule has 0 unspecified atom stereocenters. The number of fused-ring (bicyclic) bond motifs is 1. The number of rotatable bonds is 7. The van der Waals surface area contributed by atoms with Crippen LogP contribution in [0.2, 0.25) is 0 Å². The summed E-state index contributed by atoms with van der Waals surface area (Å²) in [6.07, 6.45) is 7.25. The molecule has 0 bridgehead atoms. The molecule has 6 nitrogen and oxygen atoms in total. The van der Waals surface area contributed by atoms with Crippen molar-refractivity contribution in [1.29, 1.82) is 5.26 Å². The lowest BCUT2D eigenvalue weighted by atomic mass is 10.1. The summed E-state index contributed by atoms with van der Waals surface area (Å²) in [5.74, 6) is 0.617. The Morgan fingerprint density at radius 2 is 1.86 bits per heavy atom. The Kier molecular flexibility index (Phi) is 5.83. The number of hydrogen-bond acceptors (Lipinski definition) is 5. The first-order valence-electron chi connectivity index (χ1n) is 10.00. The fourth-order valence-corrected chi connectivity index (χ4v) is 3.66. The average Bonchev–Trinajstić information content (AvgIpc) is 3.16. The summed E-state index contributed by atoms with van der Waals surface area (Å²) in [5, 5.41) is 13.4. The van der Waals surface area contributed by atoms with Crippen molar-refractivity contribution in [3.05, 3.63) is 48.2 Å². The van der Waals surface area contributed by atoms with Crippen LogP contribution >= 0.6 is 0 Å². The number of piperidine rings is 1. The van der Waals surface area contributed by atoms with E-state index in [2.05, 4.69) is 21.1 Å². The molecule has 0 radical (unpaired) electrons. The van der Waals surface area contributed by atoms with Crippen molar-refractivity contribution < 1.29 is 4.74 Å². The number of ether oxygens (including phenoxy) is 1. The summed E-state index contributed by atoms with van der Waals surface area (Å²) in [4.78, 5) is 6.96. The molecule has 0 atom stereocenters. The van der Waals surface area contributed by atoms with E-state index in [9.17, 15) is 0 Å². The Balaban J connectivity index is 1.41. The number of nitriles is 1. The van der Waals surface area contributed by atoms with Crippen LogP contribution in [0.4, 0.5) is 0 Å². The fourth-order valence-electron chi connectivity index (χ4n) is 3.66. The highest BCUT2D eigenvalue weighted by molar-refractivity contribution is 5.63. The number of benzene rings is 1. The molecule has 3 heterocycles. The molecular formula is C22H25N5O. The van der Waals surface area contributed by atoms with Gasteiger partial charge in [-0.25, -0.2) is 9.50 Å². The third-order valence-corrected chi connectivity index (χ3v) is 5.19. The van der Waals surface area contributed by atoms with Crippen LogP contribution in [0.25, 0.3) is 16.9 Å². The Labute approximate surface area is 165 Å². The van der Waals surface area contributed by atoms with E-state index in [0.717, 1.165) is 35.4 Å². The van der Waals surface area contributed by atoms with Crippen LogP contribution in [0, 0.1) is 11.3 Å². The summed E-state index contributed by atoms with van der Waals surface area (Å²) in [7, 11) is 0. The van der Waals surface area contributed by atoms with Crippen molar-refractivity contribution in [2.24, 2.45) is 0 Å². The second kappa shape index (κ2) is 8.85. The first-order valence-corrected chi connectivity index (χ1v) is 10.00. The molecule has 1 saturated heterocycles. The maximum atomic E-state index is 8.82. The first-order chi connectivity index (χ1) is 13.8. The van der Waals surface area contributed by atoms with Crippen molar-refractivity contribution >= 4 is 5.65 Å². The maximum absolute atomic E-state index is 8.82. The van der Waals surface area contributed by atoms with Gasteiger partial charge in [0.15, 0.2) is 5.65 Å². The molecule has 1 aliphatic rings. The molecule has 144 valence electrons. The van der Waals surface area contributed by atoms with Crippen LogP contribution in [0.15, 0.2) is 42.6 Å². The molecule has 3 aromatic rings. The van der Waals surface area contributed by atoms with Crippen LogP contribution in [0.1, 0.15) is 31.2 Å². The third-order valence-electron chi connectivity index (χ3n) is 5.19. The number of likely N-dealkylation sites (tertiary alicyclic amines) is 1. The van der Waals surface area contributed by atoms with E-state index in [-0.39, 0.29) is 0 Å². The van der Waals surface area contributed by atoms with Crippen LogP contribution in [0.5, 0.6) is 5.88 Å². The summed E-state index contributed by atoms with van der Waals surface area (Å²) < 4.78 is 7.71. The SMILES string of the molecule is N#CCc1ccc(-c2cnc3ccc(OCCCN4CCCCC4)nn23)cc1. The molecule has 6 heteroatoms. The molecule has 0 saturated carbocycles. The van der Waals surface area contributed by atoms with E-state index in [0.29, 0.717) is 18.9 Å². The van der Waals surface area contributed by atoms with E-state index in [1.54, 1.807) is 0 Å². The monoisotopic (exact) mass is 375 g/mol. The molecule has 2 aromatic heterocycles.